The molecule has 1 saturated heterocycles. The lowest BCUT2D eigenvalue weighted by Gasteiger charge is -2.39. The molecule has 0 radical (unpaired) electrons. The number of aromatic nitrogens is 2. The van der Waals surface area contributed by atoms with Crippen LogP contribution in [-0.4, -0.2) is 44.8 Å². The molecule has 1 aromatic rings. The van der Waals surface area contributed by atoms with E-state index in [-0.39, 0.29) is 11.8 Å². The van der Waals surface area contributed by atoms with Crippen molar-refractivity contribution in [3.8, 4) is 0 Å². The zero-order chi connectivity index (χ0) is 16.3. The summed E-state index contributed by atoms with van der Waals surface area (Å²) in [5.41, 5.74) is -0.224. The van der Waals surface area contributed by atoms with Crippen molar-refractivity contribution < 1.29 is 14.7 Å². The van der Waals surface area contributed by atoms with E-state index < -0.39 is 11.4 Å². The van der Waals surface area contributed by atoms with Gasteiger partial charge in [-0.3, -0.25) is 14.3 Å². The first kappa shape index (κ1) is 16.5. The SMILES string of the molecule is CCCn1nccc1C(=O)N1CCCC(C(C)(C)C(=O)O)C1. The van der Waals surface area contributed by atoms with E-state index in [1.54, 1.807) is 35.7 Å². The Hall–Kier alpha value is -1.85. The molecule has 0 aromatic carbocycles. The molecule has 1 amide bonds. The molecule has 6 nitrogen and oxygen atoms in total. The minimum Gasteiger partial charge on any atom is -0.481 e. The van der Waals surface area contributed by atoms with Gasteiger partial charge in [-0.15, -0.1) is 0 Å². The van der Waals surface area contributed by atoms with Crippen molar-refractivity contribution in [1.29, 1.82) is 0 Å². The second-order valence-corrected chi connectivity index (χ2v) is 6.56. The molecule has 0 saturated carbocycles. The Bertz CT molecular complexity index is 551. The van der Waals surface area contributed by atoms with Crippen molar-refractivity contribution in [2.45, 2.75) is 46.6 Å². The van der Waals surface area contributed by atoms with Gasteiger partial charge in [-0.1, -0.05) is 6.92 Å². The first-order valence-electron chi connectivity index (χ1n) is 7.92. The van der Waals surface area contributed by atoms with E-state index in [0.717, 1.165) is 19.3 Å². The van der Waals surface area contributed by atoms with Crippen LogP contribution in [0, 0.1) is 11.3 Å². The fourth-order valence-corrected chi connectivity index (χ4v) is 2.99. The summed E-state index contributed by atoms with van der Waals surface area (Å²) in [6, 6.07) is 1.74. The molecule has 2 heterocycles. The Kier molecular flexibility index (Phi) is 4.88. The number of aliphatic carboxylic acids is 1. The van der Waals surface area contributed by atoms with Gasteiger partial charge in [0.25, 0.3) is 5.91 Å². The fourth-order valence-electron chi connectivity index (χ4n) is 2.99. The summed E-state index contributed by atoms with van der Waals surface area (Å²) in [5, 5.41) is 13.6. The number of carboxylic acids is 1. The number of rotatable bonds is 5. The van der Waals surface area contributed by atoms with Gasteiger partial charge in [0.05, 0.1) is 5.41 Å². The third-order valence-corrected chi connectivity index (χ3v) is 4.65. The molecular formula is C16H25N3O3. The Balaban J connectivity index is 2.13. The maximum atomic E-state index is 12.7. The number of carboxylic acid groups (broad SMARTS) is 1. The molecule has 1 aliphatic heterocycles. The molecule has 22 heavy (non-hydrogen) atoms. The number of amides is 1. The monoisotopic (exact) mass is 307 g/mol. The number of likely N-dealkylation sites (tertiary alicyclic amines) is 1. The minimum absolute atomic E-state index is 0.0229. The summed E-state index contributed by atoms with van der Waals surface area (Å²) in [7, 11) is 0. The maximum Gasteiger partial charge on any atom is 0.309 e. The first-order chi connectivity index (χ1) is 10.4. The number of carbonyl (C=O) groups is 2. The summed E-state index contributed by atoms with van der Waals surface area (Å²) >= 11 is 0. The zero-order valence-electron chi connectivity index (χ0n) is 13.6. The van der Waals surface area contributed by atoms with Gasteiger partial charge in [0.2, 0.25) is 0 Å². The Labute approximate surface area is 131 Å². The third-order valence-electron chi connectivity index (χ3n) is 4.65. The van der Waals surface area contributed by atoms with Gasteiger partial charge in [-0.25, -0.2) is 0 Å². The van der Waals surface area contributed by atoms with E-state index in [1.165, 1.54) is 0 Å². The standard InChI is InChI=1S/C16H25N3O3/c1-4-9-19-13(7-8-17-19)14(20)18-10-5-6-12(11-18)16(2,3)15(21)22/h7-8,12H,4-6,9-11H2,1-3H3,(H,21,22). The molecule has 122 valence electrons. The van der Waals surface area contributed by atoms with Gasteiger partial charge < -0.3 is 10.0 Å². The van der Waals surface area contributed by atoms with Crippen LogP contribution in [-0.2, 0) is 11.3 Å². The van der Waals surface area contributed by atoms with Crippen molar-refractivity contribution in [2.24, 2.45) is 11.3 Å². The molecule has 1 atom stereocenters. The van der Waals surface area contributed by atoms with E-state index in [2.05, 4.69) is 5.10 Å². The lowest BCUT2D eigenvalue weighted by atomic mass is 9.74. The lowest BCUT2D eigenvalue weighted by molar-refractivity contribution is -0.151. The van der Waals surface area contributed by atoms with E-state index in [4.69, 9.17) is 0 Å². The number of piperidine rings is 1. The second kappa shape index (κ2) is 6.50. The van der Waals surface area contributed by atoms with E-state index >= 15 is 0 Å². The highest BCUT2D eigenvalue weighted by atomic mass is 16.4. The van der Waals surface area contributed by atoms with Crippen LogP contribution in [0.15, 0.2) is 12.3 Å². The number of nitrogens with zero attached hydrogens (tertiary/aromatic N) is 3. The van der Waals surface area contributed by atoms with Crippen LogP contribution in [0.1, 0.15) is 50.5 Å². The summed E-state index contributed by atoms with van der Waals surface area (Å²) in [4.78, 5) is 25.9. The highest BCUT2D eigenvalue weighted by molar-refractivity contribution is 5.92. The topological polar surface area (TPSA) is 75.4 Å². The van der Waals surface area contributed by atoms with E-state index in [9.17, 15) is 14.7 Å². The summed E-state index contributed by atoms with van der Waals surface area (Å²) < 4.78 is 1.73. The highest BCUT2D eigenvalue weighted by Crippen LogP contribution is 2.34. The van der Waals surface area contributed by atoms with Crippen LogP contribution in [0.4, 0.5) is 0 Å². The molecular weight excluding hydrogens is 282 g/mol. The van der Waals surface area contributed by atoms with Gasteiger partial charge in [-0.05, 0) is 45.1 Å². The first-order valence-corrected chi connectivity index (χ1v) is 7.92. The molecule has 1 fully saturated rings. The van der Waals surface area contributed by atoms with Gasteiger partial charge in [0, 0.05) is 25.8 Å². The zero-order valence-corrected chi connectivity index (χ0v) is 13.6. The molecule has 1 N–H and O–H groups in total. The summed E-state index contributed by atoms with van der Waals surface area (Å²) in [6.07, 6.45) is 4.24. The van der Waals surface area contributed by atoms with Crippen LogP contribution in [0.2, 0.25) is 0 Å². The molecule has 0 bridgehead atoms. The lowest BCUT2D eigenvalue weighted by Crippen LogP contribution is -2.47. The average molecular weight is 307 g/mol. The van der Waals surface area contributed by atoms with Crippen molar-refractivity contribution in [1.82, 2.24) is 14.7 Å². The van der Waals surface area contributed by atoms with Crippen LogP contribution in [0.3, 0.4) is 0 Å². The molecule has 0 aliphatic carbocycles. The number of carbonyl (C=O) groups excluding carboxylic acids is 1. The smallest absolute Gasteiger partial charge is 0.309 e. The van der Waals surface area contributed by atoms with E-state index in [0.29, 0.717) is 25.3 Å². The second-order valence-electron chi connectivity index (χ2n) is 6.56. The molecule has 1 aliphatic rings. The van der Waals surface area contributed by atoms with Crippen molar-refractivity contribution >= 4 is 11.9 Å². The molecule has 0 spiro atoms. The van der Waals surface area contributed by atoms with Gasteiger partial charge in [-0.2, -0.15) is 5.10 Å². The maximum absolute atomic E-state index is 12.7. The minimum atomic E-state index is -0.817. The third kappa shape index (κ3) is 3.15. The molecule has 2 rings (SSSR count). The van der Waals surface area contributed by atoms with Gasteiger partial charge >= 0.3 is 5.97 Å². The van der Waals surface area contributed by atoms with Crippen molar-refractivity contribution in [3.63, 3.8) is 0 Å². The Morgan fingerprint density at radius 2 is 2.18 bits per heavy atom. The Morgan fingerprint density at radius 1 is 1.45 bits per heavy atom. The van der Waals surface area contributed by atoms with Crippen LogP contribution < -0.4 is 0 Å². The van der Waals surface area contributed by atoms with Crippen LogP contribution >= 0.6 is 0 Å². The molecule has 1 aromatic heterocycles. The molecule has 6 heteroatoms. The molecule has 1 unspecified atom stereocenters. The average Bonchev–Trinajstić information content (AvgIpc) is 2.95. The quantitative estimate of drug-likeness (QED) is 0.905. The van der Waals surface area contributed by atoms with Crippen molar-refractivity contribution in [2.75, 3.05) is 13.1 Å². The normalized spacial score (nSPS) is 19.2. The summed E-state index contributed by atoms with van der Waals surface area (Å²) in [5.74, 6) is -0.870. The van der Waals surface area contributed by atoms with Crippen molar-refractivity contribution in [3.05, 3.63) is 18.0 Å². The van der Waals surface area contributed by atoms with Gasteiger partial charge in [0.15, 0.2) is 0 Å². The fraction of sp³-hybridized carbons (Fsp3) is 0.688. The number of hydrogen-bond donors (Lipinski definition) is 1. The largest absolute Gasteiger partial charge is 0.481 e. The van der Waals surface area contributed by atoms with Gasteiger partial charge in [0.1, 0.15) is 5.69 Å². The number of aryl methyl sites for hydroxylation is 1. The summed E-state index contributed by atoms with van der Waals surface area (Å²) in [6.45, 7) is 7.43. The number of hydrogen-bond acceptors (Lipinski definition) is 3. The van der Waals surface area contributed by atoms with Crippen LogP contribution in [0.5, 0.6) is 0 Å². The predicted octanol–water partition coefficient (Wildman–Crippen LogP) is 2.26. The Morgan fingerprint density at radius 3 is 2.82 bits per heavy atom. The predicted molar refractivity (Wildman–Crippen MR) is 82.6 cm³/mol. The van der Waals surface area contributed by atoms with E-state index in [1.807, 2.05) is 6.92 Å². The van der Waals surface area contributed by atoms with Crippen LogP contribution in [0.25, 0.3) is 0 Å². The highest BCUT2D eigenvalue weighted by Gasteiger charge is 2.40.